The molecule has 0 unspecified atom stereocenters. The molecule has 0 amide bonds. The molecule has 1 fully saturated rings. The van der Waals surface area contributed by atoms with Gasteiger partial charge in [0.1, 0.15) is 6.23 Å². The van der Waals surface area contributed by atoms with Crippen LogP contribution in [0.4, 0.5) is 0 Å². The standard InChI is InChI=1S/C13H19NO/c1-10-8-12(9-13(15)14(10)2)11-6-4-3-5-7-11/h3-7,10,12-13,15H,8-9H2,1-2H3/t10-,12-,13+/m1/s1. The van der Waals surface area contributed by atoms with E-state index in [0.29, 0.717) is 12.0 Å². The number of rotatable bonds is 1. The fraction of sp³-hybridized carbons (Fsp3) is 0.538. The lowest BCUT2D eigenvalue weighted by molar-refractivity contribution is -0.0409. The maximum atomic E-state index is 9.91. The fourth-order valence-electron chi connectivity index (χ4n) is 2.39. The molecule has 0 saturated carbocycles. The molecule has 2 rings (SSSR count). The summed E-state index contributed by atoms with van der Waals surface area (Å²) in [6.45, 7) is 2.18. The van der Waals surface area contributed by atoms with Gasteiger partial charge >= 0.3 is 0 Å². The number of hydrogen-bond donors (Lipinski definition) is 1. The summed E-state index contributed by atoms with van der Waals surface area (Å²) in [5.41, 5.74) is 1.36. The largest absolute Gasteiger partial charge is 0.378 e. The summed E-state index contributed by atoms with van der Waals surface area (Å²) in [7, 11) is 2.00. The van der Waals surface area contributed by atoms with Gasteiger partial charge in [-0.15, -0.1) is 0 Å². The predicted octanol–water partition coefficient (Wildman–Crippen LogP) is 2.20. The Morgan fingerprint density at radius 1 is 1.20 bits per heavy atom. The molecule has 0 aromatic heterocycles. The van der Waals surface area contributed by atoms with Gasteiger partial charge < -0.3 is 5.11 Å². The van der Waals surface area contributed by atoms with Crippen molar-refractivity contribution in [1.82, 2.24) is 4.90 Å². The van der Waals surface area contributed by atoms with E-state index in [1.165, 1.54) is 5.56 Å². The second-order valence-corrected chi connectivity index (χ2v) is 4.57. The summed E-state index contributed by atoms with van der Waals surface area (Å²) in [6, 6.07) is 11.0. The van der Waals surface area contributed by atoms with Gasteiger partial charge in [0.2, 0.25) is 0 Å². The summed E-state index contributed by atoms with van der Waals surface area (Å²) in [5.74, 6) is 0.507. The minimum absolute atomic E-state index is 0.293. The molecule has 0 radical (unpaired) electrons. The van der Waals surface area contributed by atoms with Crippen LogP contribution in [0.3, 0.4) is 0 Å². The first kappa shape index (κ1) is 10.7. The molecule has 1 heterocycles. The van der Waals surface area contributed by atoms with Crippen molar-refractivity contribution in [3.05, 3.63) is 35.9 Å². The molecule has 15 heavy (non-hydrogen) atoms. The SMILES string of the molecule is C[C@@H]1C[C@@H](c2ccccc2)C[C@H](O)N1C. The lowest BCUT2D eigenvalue weighted by Crippen LogP contribution is -2.44. The molecule has 1 aliphatic heterocycles. The summed E-state index contributed by atoms with van der Waals surface area (Å²) >= 11 is 0. The molecule has 3 atom stereocenters. The highest BCUT2D eigenvalue weighted by atomic mass is 16.3. The first-order chi connectivity index (χ1) is 7.18. The molecular weight excluding hydrogens is 186 g/mol. The Hall–Kier alpha value is -0.860. The van der Waals surface area contributed by atoms with Crippen molar-refractivity contribution in [1.29, 1.82) is 0 Å². The van der Waals surface area contributed by atoms with Gasteiger partial charge in [-0.25, -0.2) is 0 Å². The van der Waals surface area contributed by atoms with E-state index < -0.39 is 0 Å². The third kappa shape index (κ3) is 2.21. The normalized spacial score (nSPS) is 32.9. The van der Waals surface area contributed by atoms with Crippen LogP contribution in [0.15, 0.2) is 30.3 Å². The minimum atomic E-state index is -0.293. The molecule has 82 valence electrons. The van der Waals surface area contributed by atoms with Gasteiger partial charge in [0, 0.05) is 6.04 Å². The monoisotopic (exact) mass is 205 g/mol. The quantitative estimate of drug-likeness (QED) is 0.759. The molecule has 1 aromatic rings. The Bertz CT molecular complexity index is 300. The van der Waals surface area contributed by atoms with Gasteiger partial charge in [-0.2, -0.15) is 0 Å². The number of benzene rings is 1. The van der Waals surface area contributed by atoms with Crippen molar-refractivity contribution < 1.29 is 5.11 Å². The molecule has 1 N–H and O–H groups in total. The van der Waals surface area contributed by atoms with Crippen LogP contribution in [0.2, 0.25) is 0 Å². The summed E-state index contributed by atoms with van der Waals surface area (Å²) in [6.07, 6.45) is 1.70. The smallest absolute Gasteiger partial charge is 0.107 e. The Labute approximate surface area is 91.5 Å². The van der Waals surface area contributed by atoms with Gasteiger partial charge in [-0.1, -0.05) is 30.3 Å². The Morgan fingerprint density at radius 2 is 1.87 bits per heavy atom. The highest BCUT2D eigenvalue weighted by Gasteiger charge is 2.29. The first-order valence-electron chi connectivity index (χ1n) is 5.63. The molecular formula is C13H19NO. The Kier molecular flexibility index (Phi) is 3.08. The topological polar surface area (TPSA) is 23.5 Å². The van der Waals surface area contributed by atoms with Crippen molar-refractivity contribution in [2.45, 2.75) is 38.0 Å². The van der Waals surface area contributed by atoms with E-state index in [4.69, 9.17) is 0 Å². The average molecular weight is 205 g/mol. The molecule has 2 nitrogen and oxygen atoms in total. The number of piperidine rings is 1. The van der Waals surface area contributed by atoms with Crippen LogP contribution in [0.25, 0.3) is 0 Å². The number of nitrogens with zero attached hydrogens (tertiary/aromatic N) is 1. The van der Waals surface area contributed by atoms with Crippen molar-refractivity contribution >= 4 is 0 Å². The molecule has 1 aromatic carbocycles. The highest BCUT2D eigenvalue weighted by Crippen LogP contribution is 2.33. The first-order valence-corrected chi connectivity index (χ1v) is 5.63. The van der Waals surface area contributed by atoms with Crippen LogP contribution < -0.4 is 0 Å². The maximum absolute atomic E-state index is 9.91. The zero-order valence-corrected chi connectivity index (χ0v) is 9.43. The van der Waals surface area contributed by atoms with E-state index >= 15 is 0 Å². The van der Waals surface area contributed by atoms with Crippen molar-refractivity contribution in [2.75, 3.05) is 7.05 Å². The van der Waals surface area contributed by atoms with Gasteiger partial charge in [0.15, 0.2) is 0 Å². The third-order valence-corrected chi connectivity index (χ3v) is 3.56. The minimum Gasteiger partial charge on any atom is -0.378 e. The Morgan fingerprint density at radius 3 is 2.47 bits per heavy atom. The van der Waals surface area contributed by atoms with Crippen LogP contribution in [0.5, 0.6) is 0 Å². The summed E-state index contributed by atoms with van der Waals surface area (Å²) in [4.78, 5) is 2.06. The zero-order chi connectivity index (χ0) is 10.8. The number of likely N-dealkylation sites (tertiary alicyclic amines) is 1. The highest BCUT2D eigenvalue weighted by molar-refractivity contribution is 5.20. The zero-order valence-electron chi connectivity index (χ0n) is 9.43. The van der Waals surface area contributed by atoms with E-state index in [-0.39, 0.29) is 6.23 Å². The van der Waals surface area contributed by atoms with Gasteiger partial charge in [-0.05, 0) is 38.3 Å². The average Bonchev–Trinajstić information content (AvgIpc) is 2.26. The number of aliphatic hydroxyl groups excluding tert-OH is 1. The van der Waals surface area contributed by atoms with Crippen LogP contribution in [0.1, 0.15) is 31.2 Å². The fourth-order valence-corrected chi connectivity index (χ4v) is 2.39. The second kappa shape index (κ2) is 4.33. The van der Waals surface area contributed by atoms with E-state index in [2.05, 4.69) is 36.1 Å². The van der Waals surface area contributed by atoms with Gasteiger partial charge in [0.25, 0.3) is 0 Å². The van der Waals surface area contributed by atoms with E-state index in [1.54, 1.807) is 0 Å². The molecule has 0 bridgehead atoms. The van der Waals surface area contributed by atoms with Crippen LogP contribution in [-0.2, 0) is 0 Å². The van der Waals surface area contributed by atoms with Crippen molar-refractivity contribution in [3.8, 4) is 0 Å². The third-order valence-electron chi connectivity index (χ3n) is 3.56. The summed E-state index contributed by atoms with van der Waals surface area (Å²) in [5, 5.41) is 9.91. The molecule has 1 saturated heterocycles. The van der Waals surface area contributed by atoms with Gasteiger partial charge in [-0.3, -0.25) is 4.90 Å². The molecule has 0 spiro atoms. The van der Waals surface area contributed by atoms with Crippen LogP contribution >= 0.6 is 0 Å². The number of hydrogen-bond acceptors (Lipinski definition) is 2. The molecule has 0 aliphatic carbocycles. The Balaban J connectivity index is 2.13. The lowest BCUT2D eigenvalue weighted by Gasteiger charge is -2.39. The van der Waals surface area contributed by atoms with Crippen molar-refractivity contribution in [3.63, 3.8) is 0 Å². The van der Waals surface area contributed by atoms with Crippen LogP contribution in [-0.4, -0.2) is 29.3 Å². The van der Waals surface area contributed by atoms with Gasteiger partial charge in [0.05, 0.1) is 0 Å². The maximum Gasteiger partial charge on any atom is 0.107 e. The van der Waals surface area contributed by atoms with E-state index in [9.17, 15) is 5.11 Å². The predicted molar refractivity (Wildman–Crippen MR) is 61.6 cm³/mol. The second-order valence-electron chi connectivity index (χ2n) is 4.57. The van der Waals surface area contributed by atoms with Crippen LogP contribution in [0, 0.1) is 0 Å². The number of aliphatic hydroxyl groups is 1. The van der Waals surface area contributed by atoms with E-state index in [0.717, 1.165) is 12.8 Å². The molecule has 2 heteroatoms. The molecule has 1 aliphatic rings. The van der Waals surface area contributed by atoms with E-state index in [1.807, 2.05) is 13.1 Å². The lowest BCUT2D eigenvalue weighted by atomic mass is 9.85. The van der Waals surface area contributed by atoms with Crippen molar-refractivity contribution in [2.24, 2.45) is 0 Å². The summed E-state index contributed by atoms with van der Waals surface area (Å²) < 4.78 is 0.